The van der Waals surface area contributed by atoms with E-state index in [1.165, 1.54) is 26.9 Å². The molecule has 6 saturated heterocycles. The third-order valence-electron chi connectivity index (χ3n) is 22.3. The Morgan fingerprint density at radius 1 is 0.294 bits per heavy atom. The zero-order valence-corrected chi connectivity index (χ0v) is 83.5. The number of carbonyl (C=O) groups excluding carboxylic acids is 9. The lowest BCUT2D eigenvalue weighted by atomic mass is 9.91. The normalized spacial score (nSPS) is 26.1. The maximum atomic E-state index is 13.5. The summed E-state index contributed by atoms with van der Waals surface area (Å²) in [4.78, 5) is 140. The standard InChI is InChI=1S/C31H41NO6.C25H33NO6.C14H22O8.C13H20O8.C8H14O8.C6H10O8/c1-20(17-22-13-9-7-10-14-22)18-24(33)25-26(36-30(3,4)35-25)27-28(38-31(5,6)37-27)29(34)32-21(2)19-23-15-11-8-12-16-23;1-16(13-18-9-5-3-6-10-18)14-20(27)21(28)22(29)23(30)24(31)25(32)26-17(2)15-19-11-7-4-8-12-19;1-13(2)19-7(9(21-13)11(15)17-5)8-10(12(16)18-6)22-14(3,4)20-8;1-12(2)18-6(8(20-12)10(14)15)7-9(11(16)17-5)21-13(3,4)19-7;1-15-7(13)5(11)3(9)4(10)6(12)8(14)16-2;7-1(3(9)5(11)12)2(8)4(10)6(13)14/h7-16,20-21,25-28H,17-19H2,1-6H3,(H,32,34);3-12,16-17,21-24,28-31H,13-15H2,1-2H3,(H,26,32);7-10H,1-6H3;6-9H,1-5H3,(H,14,15);3-6,9-12H,1-2H3;1-4,7-10H,(H,11,12)(H,13,14)/t20-,21-,25-,26+,27+,28-;16-,17-,21+,22-,23-,24+;7-,8+,9+,10-;6-,7+,8+,9-;3-,4+,5+,6-;1-,2+,3+,4-/m00.1../s1. The minimum absolute atomic E-state index is 0.0176. The lowest BCUT2D eigenvalue weighted by molar-refractivity contribution is -0.177. The maximum absolute atomic E-state index is 13.5. The molecule has 0 aromatic heterocycles. The number of carboxylic acids is 3. The van der Waals surface area contributed by atoms with Gasteiger partial charge in [0.2, 0.25) is 0 Å². The molecule has 17 N–H and O–H groups in total. The first kappa shape index (κ1) is 123. The molecule has 0 spiro atoms. The number of ketones is 2. The molecule has 46 heteroatoms. The lowest BCUT2D eigenvalue weighted by Gasteiger charge is -2.27. The summed E-state index contributed by atoms with van der Waals surface area (Å²) in [6.45, 7) is 27.8. The van der Waals surface area contributed by atoms with E-state index < -0.39 is 241 Å². The Bertz CT molecular complexity index is 4490. The Balaban J connectivity index is 0.000000313. The fourth-order valence-electron chi connectivity index (χ4n) is 15.8. The van der Waals surface area contributed by atoms with E-state index in [1.807, 2.05) is 123 Å². The number of aliphatic hydroxyl groups excluding tert-OH is 12. The van der Waals surface area contributed by atoms with Gasteiger partial charge in [-0.3, -0.25) is 19.2 Å². The van der Waals surface area contributed by atoms with Gasteiger partial charge in [-0.15, -0.1) is 0 Å². The summed E-state index contributed by atoms with van der Waals surface area (Å²) in [5.74, 6) is -17.2. The smallest absolute Gasteiger partial charge is 0.337 e. The van der Waals surface area contributed by atoms with Crippen molar-refractivity contribution < 1.29 is 215 Å². The fourth-order valence-corrected chi connectivity index (χ4v) is 15.8. The van der Waals surface area contributed by atoms with Gasteiger partial charge in [-0.1, -0.05) is 135 Å². The van der Waals surface area contributed by atoms with Crippen molar-refractivity contribution in [1.29, 1.82) is 0 Å². The quantitative estimate of drug-likeness (QED) is 0.0202. The Labute approximate surface area is 826 Å². The number of carbonyl (C=O) groups is 12. The molecule has 28 atom stereocenters. The van der Waals surface area contributed by atoms with Gasteiger partial charge in [0.05, 0.1) is 35.5 Å². The summed E-state index contributed by atoms with van der Waals surface area (Å²) in [6, 6.07) is 38.6. The number of benzene rings is 4. The predicted octanol–water partition coefficient (Wildman–Crippen LogP) is -0.341. The minimum Gasteiger partial charge on any atom is -0.479 e. The summed E-state index contributed by atoms with van der Waals surface area (Å²) in [5.41, 5.74) is 4.34. The molecular formula is C97H140N2O44. The van der Waals surface area contributed by atoms with Crippen LogP contribution in [0.5, 0.6) is 0 Å². The van der Waals surface area contributed by atoms with Gasteiger partial charge in [0.15, 0.2) is 107 Å². The SMILES string of the molecule is COC(=O)[C@@H](O)[C@H](O)[C@H](O)[C@@H](O)C(=O)OC.COC(=O)[C@@H]1OC(C)(C)O[C@H]1[C@H]1OC(C)(C)O[C@@H]1C(=O)O.COC(=O)[C@H]1OC(C)(C)O[C@@H]1[C@@H]1OC(C)(C)O[C@H]1C(=O)OC.C[C@H](CC(=O)[C@@H](O)[C@H](O)[C@H](O)[C@@H](O)C(=O)N[C@@H](C)Cc1ccccc1)Cc1ccccc1.C[C@H](CC(=O)[C@@H]1OC(C)(C)O[C@H]1[C@H]1OC(C)(C)O[C@@H]1C(=O)N[C@@H](C)Cc1ccccc1)Cc1ccccc1.O=C(O)[C@@H](O)[C@H](O)[C@H](O)[C@@H](O)C(=O)O. The van der Waals surface area contributed by atoms with Crippen molar-refractivity contribution in [2.75, 3.05) is 35.5 Å². The molecule has 0 radical (unpaired) electrons. The second-order valence-corrected chi connectivity index (χ2v) is 37.5. The highest BCUT2D eigenvalue weighted by atomic mass is 16.8. The second-order valence-electron chi connectivity index (χ2n) is 37.5. The Hall–Kier alpha value is -10.0. The van der Waals surface area contributed by atoms with E-state index in [0.29, 0.717) is 25.7 Å². The van der Waals surface area contributed by atoms with E-state index in [0.717, 1.165) is 37.3 Å². The van der Waals surface area contributed by atoms with Gasteiger partial charge in [-0.2, -0.15) is 0 Å². The first-order valence-electron chi connectivity index (χ1n) is 45.6. The lowest BCUT2D eigenvalue weighted by Crippen LogP contribution is -2.54. The average molecular weight is 2040 g/mol. The van der Waals surface area contributed by atoms with Gasteiger partial charge in [0.25, 0.3) is 11.8 Å². The number of esters is 5. The number of hydrogen-bond acceptors (Lipinski definition) is 41. The van der Waals surface area contributed by atoms with Gasteiger partial charge in [0.1, 0.15) is 85.5 Å². The van der Waals surface area contributed by atoms with E-state index in [-0.39, 0.29) is 42.0 Å². The van der Waals surface area contributed by atoms with E-state index in [2.05, 4.69) is 43.9 Å². The summed E-state index contributed by atoms with van der Waals surface area (Å²) >= 11 is 0. The largest absolute Gasteiger partial charge is 0.479 e. The summed E-state index contributed by atoms with van der Waals surface area (Å²) in [6.07, 6.45) is -33.9. The molecule has 2 amide bonds. The third kappa shape index (κ3) is 37.4. The van der Waals surface area contributed by atoms with E-state index >= 15 is 0 Å². The van der Waals surface area contributed by atoms with E-state index in [9.17, 15) is 93.3 Å². The molecule has 4 aromatic carbocycles. The minimum atomic E-state index is -2.36. The maximum Gasteiger partial charge on any atom is 0.337 e. The number of amides is 2. The molecular weight excluding hydrogens is 1900 g/mol. The van der Waals surface area contributed by atoms with Crippen LogP contribution in [0.3, 0.4) is 0 Å². The Kier molecular flexibility index (Phi) is 47.4. The average Bonchev–Trinajstić information content (AvgIpc) is 1.61. The number of carboxylic acid groups (broad SMARTS) is 3. The monoisotopic (exact) mass is 2040 g/mol. The van der Waals surface area contributed by atoms with Crippen LogP contribution in [0.15, 0.2) is 121 Å². The molecule has 10 rings (SSSR count). The molecule has 6 fully saturated rings. The van der Waals surface area contributed by atoms with Crippen LogP contribution in [0.25, 0.3) is 0 Å². The van der Waals surface area contributed by atoms with Crippen LogP contribution in [0.1, 0.15) is 146 Å². The fraction of sp³-hybridized carbons (Fsp3) is 0.629. The Morgan fingerprint density at radius 2 is 0.538 bits per heavy atom. The van der Waals surface area contributed by atoms with Crippen molar-refractivity contribution in [3.05, 3.63) is 144 Å². The predicted molar refractivity (Wildman–Crippen MR) is 491 cm³/mol. The van der Waals surface area contributed by atoms with Crippen molar-refractivity contribution >= 4 is 71.1 Å². The van der Waals surface area contributed by atoms with Crippen LogP contribution in [-0.2, 0) is 164 Å². The first-order valence-corrected chi connectivity index (χ1v) is 45.6. The first-order chi connectivity index (χ1) is 66.4. The van der Waals surface area contributed by atoms with Gasteiger partial charge in [0, 0.05) is 24.9 Å². The molecule has 802 valence electrons. The molecule has 0 bridgehead atoms. The number of aliphatic hydroxyl groups is 12. The van der Waals surface area contributed by atoms with Crippen LogP contribution in [0.4, 0.5) is 0 Å². The molecule has 6 aliphatic rings. The number of methoxy groups -OCH3 is 5. The van der Waals surface area contributed by atoms with Crippen molar-refractivity contribution in [1.82, 2.24) is 10.6 Å². The van der Waals surface area contributed by atoms with E-state index in [1.54, 1.807) is 90.0 Å². The highest BCUT2D eigenvalue weighted by Gasteiger charge is 2.62. The van der Waals surface area contributed by atoms with Gasteiger partial charge in [-0.25, -0.2) is 38.4 Å². The van der Waals surface area contributed by atoms with Crippen LogP contribution in [0, 0.1) is 11.8 Å². The molecule has 6 aliphatic heterocycles. The van der Waals surface area contributed by atoms with Crippen molar-refractivity contribution in [3.63, 3.8) is 0 Å². The highest BCUT2D eigenvalue weighted by molar-refractivity contribution is 5.87. The number of aliphatic carboxylic acids is 3. The zero-order chi connectivity index (χ0) is 108. The number of nitrogens with one attached hydrogen (secondary N) is 2. The second kappa shape index (κ2) is 54.9. The number of rotatable bonds is 38. The zero-order valence-electron chi connectivity index (χ0n) is 83.5. The van der Waals surface area contributed by atoms with Crippen molar-refractivity contribution in [2.45, 2.75) is 343 Å². The molecule has 0 saturated carbocycles. The van der Waals surface area contributed by atoms with Crippen molar-refractivity contribution in [2.24, 2.45) is 11.8 Å². The third-order valence-corrected chi connectivity index (χ3v) is 22.3. The van der Waals surface area contributed by atoms with Gasteiger partial charge >= 0.3 is 47.8 Å². The molecule has 4 aromatic rings. The molecule has 143 heavy (non-hydrogen) atoms. The van der Waals surface area contributed by atoms with Gasteiger partial charge in [-0.05, 0) is 157 Å². The topological polar surface area (TPSA) is 689 Å². The summed E-state index contributed by atoms with van der Waals surface area (Å²) < 4.78 is 91.7. The number of ether oxygens (including phenoxy) is 17. The summed E-state index contributed by atoms with van der Waals surface area (Å²) in [5, 5.41) is 144. The van der Waals surface area contributed by atoms with Crippen LogP contribution in [0.2, 0.25) is 0 Å². The van der Waals surface area contributed by atoms with Gasteiger partial charge < -0.3 is 168 Å². The summed E-state index contributed by atoms with van der Waals surface area (Å²) in [7, 11) is 5.64. The molecule has 0 unspecified atom stereocenters. The number of hydrogen-bond donors (Lipinski definition) is 17. The Morgan fingerprint density at radius 3 is 0.839 bits per heavy atom. The molecule has 46 nitrogen and oxygen atoms in total. The van der Waals surface area contributed by atoms with Crippen LogP contribution < -0.4 is 10.6 Å². The van der Waals surface area contributed by atoms with E-state index in [4.69, 9.17) is 107 Å². The van der Waals surface area contributed by atoms with Crippen molar-refractivity contribution in [3.8, 4) is 0 Å². The number of Topliss-reactive ketones (excluding diaryl/α,β-unsaturated/α-hetero) is 2. The highest BCUT2D eigenvalue weighted by Crippen LogP contribution is 2.43. The van der Waals surface area contributed by atoms with Crippen LogP contribution >= 0.6 is 0 Å². The molecule has 0 aliphatic carbocycles. The molecule has 6 heterocycles. The van der Waals surface area contributed by atoms with Crippen LogP contribution in [-0.4, -0.2) is 377 Å².